The molecule has 0 aromatic heterocycles. The van der Waals surface area contributed by atoms with Crippen LogP contribution in [0.4, 0.5) is 0 Å². The van der Waals surface area contributed by atoms with E-state index in [1.54, 1.807) is 14.2 Å². The Labute approximate surface area is 215 Å². The highest BCUT2D eigenvalue weighted by Crippen LogP contribution is 2.33. The van der Waals surface area contributed by atoms with Gasteiger partial charge in [0.05, 0.1) is 12.7 Å². The number of nitrogens with one attached hydrogen (secondary N) is 2. The molecule has 2 unspecified atom stereocenters. The molecule has 1 fully saturated rings. The minimum Gasteiger partial charge on any atom is -0.491 e. The maximum absolute atomic E-state index is 6.16. The average Bonchev–Trinajstić information content (AvgIpc) is 2.81. The van der Waals surface area contributed by atoms with Crippen molar-refractivity contribution in [1.82, 2.24) is 10.6 Å². The van der Waals surface area contributed by atoms with Crippen molar-refractivity contribution in [3.8, 4) is 5.75 Å². The zero-order valence-electron chi connectivity index (χ0n) is 20.2. The van der Waals surface area contributed by atoms with Crippen LogP contribution in [0, 0.1) is 19.8 Å². The van der Waals surface area contributed by atoms with E-state index < -0.39 is 0 Å². The summed E-state index contributed by atoms with van der Waals surface area (Å²) in [5.41, 5.74) is 4.78. The Morgan fingerprint density at radius 3 is 2.55 bits per heavy atom. The number of hydrogen-bond acceptors (Lipinski definition) is 4. The molecule has 1 aliphatic rings. The molecule has 7 heteroatoms. The van der Waals surface area contributed by atoms with Gasteiger partial charge in [-0.15, -0.1) is 24.0 Å². The maximum atomic E-state index is 6.16. The third-order valence-electron chi connectivity index (χ3n) is 5.82. The first-order chi connectivity index (χ1) is 15.6. The number of aryl methyl sites for hydroxylation is 2. The third-order valence-corrected chi connectivity index (χ3v) is 5.82. The van der Waals surface area contributed by atoms with E-state index in [9.17, 15) is 0 Å². The van der Waals surface area contributed by atoms with E-state index in [4.69, 9.17) is 14.2 Å². The standard InChI is InChI=1S/C26H37N3O3.HI/c1-19-7-10-21(11-8-19)25-23(6-5-13-32-25)18-29-26(27-3)28-17-22-12-9-20(2)16-24(22)31-15-14-30-4;/h7-12,16,23,25H,5-6,13-15,17-18H2,1-4H3,(H2,27,28,29);1H. The Morgan fingerprint density at radius 2 is 1.82 bits per heavy atom. The molecule has 0 bridgehead atoms. The van der Waals surface area contributed by atoms with Gasteiger partial charge in [-0.05, 0) is 43.9 Å². The van der Waals surface area contributed by atoms with Crippen LogP contribution in [-0.4, -0.2) is 46.5 Å². The molecule has 2 atom stereocenters. The van der Waals surface area contributed by atoms with Crippen molar-refractivity contribution in [2.24, 2.45) is 10.9 Å². The SMILES string of the molecule is CN=C(NCc1ccc(C)cc1OCCOC)NCC1CCCOC1c1ccc(C)cc1.I. The summed E-state index contributed by atoms with van der Waals surface area (Å²) in [6, 6.07) is 15.0. The summed E-state index contributed by atoms with van der Waals surface area (Å²) < 4.78 is 17.2. The molecule has 1 aliphatic heterocycles. The smallest absolute Gasteiger partial charge is 0.191 e. The van der Waals surface area contributed by atoms with Crippen molar-refractivity contribution >= 4 is 29.9 Å². The number of halogens is 1. The summed E-state index contributed by atoms with van der Waals surface area (Å²) in [6.45, 7) is 7.53. The molecule has 0 aliphatic carbocycles. The van der Waals surface area contributed by atoms with Crippen molar-refractivity contribution in [1.29, 1.82) is 0 Å². The Bertz CT molecular complexity index is 874. The van der Waals surface area contributed by atoms with Gasteiger partial charge in [-0.3, -0.25) is 4.99 Å². The Hall–Kier alpha value is -1.84. The largest absolute Gasteiger partial charge is 0.491 e. The number of aliphatic imine (C=N–C) groups is 1. The molecule has 0 saturated carbocycles. The van der Waals surface area contributed by atoms with E-state index in [-0.39, 0.29) is 30.1 Å². The molecule has 33 heavy (non-hydrogen) atoms. The number of rotatable bonds is 9. The minimum absolute atomic E-state index is 0. The second kappa shape index (κ2) is 14.4. The quantitative estimate of drug-likeness (QED) is 0.198. The fourth-order valence-electron chi connectivity index (χ4n) is 3.98. The lowest BCUT2D eigenvalue weighted by atomic mass is 9.89. The monoisotopic (exact) mass is 567 g/mol. The van der Waals surface area contributed by atoms with E-state index >= 15 is 0 Å². The van der Waals surface area contributed by atoms with E-state index in [0.29, 0.717) is 25.7 Å². The Balaban J connectivity index is 0.00000385. The van der Waals surface area contributed by atoms with Gasteiger partial charge in [0, 0.05) is 45.3 Å². The maximum Gasteiger partial charge on any atom is 0.191 e. The highest BCUT2D eigenvalue weighted by Gasteiger charge is 2.27. The first-order valence-corrected chi connectivity index (χ1v) is 11.4. The lowest BCUT2D eigenvalue weighted by molar-refractivity contribution is -0.0265. The summed E-state index contributed by atoms with van der Waals surface area (Å²) in [5.74, 6) is 2.06. The number of ether oxygens (including phenoxy) is 3. The number of hydrogen-bond donors (Lipinski definition) is 2. The minimum atomic E-state index is 0. The number of benzene rings is 2. The third kappa shape index (κ3) is 8.46. The van der Waals surface area contributed by atoms with Gasteiger partial charge in [-0.25, -0.2) is 0 Å². The van der Waals surface area contributed by atoms with Crippen molar-refractivity contribution < 1.29 is 14.2 Å². The summed E-state index contributed by atoms with van der Waals surface area (Å²) in [7, 11) is 3.48. The van der Waals surface area contributed by atoms with Crippen LogP contribution < -0.4 is 15.4 Å². The molecular weight excluding hydrogens is 529 g/mol. The molecule has 1 heterocycles. The zero-order valence-corrected chi connectivity index (χ0v) is 22.6. The lowest BCUT2D eigenvalue weighted by Gasteiger charge is -2.32. The number of guanidine groups is 1. The first-order valence-electron chi connectivity index (χ1n) is 11.4. The van der Waals surface area contributed by atoms with Gasteiger partial charge in [-0.1, -0.05) is 42.0 Å². The van der Waals surface area contributed by atoms with Crippen LogP contribution in [0.5, 0.6) is 5.75 Å². The van der Waals surface area contributed by atoms with E-state index in [0.717, 1.165) is 43.3 Å². The molecule has 2 aromatic carbocycles. The van der Waals surface area contributed by atoms with Gasteiger partial charge in [0.2, 0.25) is 0 Å². The molecule has 1 saturated heterocycles. The second-order valence-electron chi connectivity index (χ2n) is 8.36. The average molecular weight is 568 g/mol. The summed E-state index contributed by atoms with van der Waals surface area (Å²) in [6.07, 6.45) is 2.34. The summed E-state index contributed by atoms with van der Waals surface area (Å²) in [4.78, 5) is 4.41. The van der Waals surface area contributed by atoms with Gasteiger partial charge < -0.3 is 24.8 Å². The first kappa shape index (κ1) is 27.4. The summed E-state index contributed by atoms with van der Waals surface area (Å²) in [5, 5.41) is 6.93. The van der Waals surface area contributed by atoms with Crippen LogP contribution in [0.15, 0.2) is 47.5 Å². The van der Waals surface area contributed by atoms with Gasteiger partial charge in [0.15, 0.2) is 5.96 Å². The van der Waals surface area contributed by atoms with Gasteiger partial charge in [0.25, 0.3) is 0 Å². The van der Waals surface area contributed by atoms with Crippen LogP contribution in [0.3, 0.4) is 0 Å². The van der Waals surface area contributed by atoms with E-state index in [1.807, 2.05) is 0 Å². The number of nitrogens with zero attached hydrogens (tertiary/aromatic N) is 1. The molecule has 2 aromatic rings. The highest BCUT2D eigenvalue weighted by atomic mass is 127. The van der Waals surface area contributed by atoms with Gasteiger partial charge in [0.1, 0.15) is 12.4 Å². The van der Waals surface area contributed by atoms with Crippen LogP contribution in [0.1, 0.15) is 41.2 Å². The topological polar surface area (TPSA) is 64.1 Å². The molecule has 0 amide bonds. The molecule has 6 nitrogen and oxygen atoms in total. The molecule has 2 N–H and O–H groups in total. The number of methoxy groups -OCH3 is 1. The van der Waals surface area contributed by atoms with Gasteiger partial charge >= 0.3 is 0 Å². The fraction of sp³-hybridized carbons (Fsp3) is 0.500. The molecule has 0 radical (unpaired) electrons. The normalized spacial score (nSPS) is 18.4. The summed E-state index contributed by atoms with van der Waals surface area (Å²) >= 11 is 0. The van der Waals surface area contributed by atoms with Crippen LogP contribution >= 0.6 is 24.0 Å². The van der Waals surface area contributed by atoms with E-state index in [2.05, 4.69) is 71.9 Å². The van der Waals surface area contributed by atoms with Crippen molar-refractivity contribution in [3.05, 3.63) is 64.7 Å². The fourth-order valence-corrected chi connectivity index (χ4v) is 3.98. The predicted octanol–water partition coefficient (Wildman–Crippen LogP) is 4.78. The van der Waals surface area contributed by atoms with Crippen molar-refractivity contribution in [2.75, 3.05) is 40.5 Å². The second-order valence-corrected chi connectivity index (χ2v) is 8.36. The highest BCUT2D eigenvalue weighted by molar-refractivity contribution is 14.0. The van der Waals surface area contributed by atoms with Gasteiger partial charge in [-0.2, -0.15) is 0 Å². The van der Waals surface area contributed by atoms with Crippen LogP contribution in [0.2, 0.25) is 0 Å². The Kier molecular flexibility index (Phi) is 12.0. The van der Waals surface area contributed by atoms with Crippen LogP contribution in [0.25, 0.3) is 0 Å². The zero-order chi connectivity index (χ0) is 22.8. The molecule has 0 spiro atoms. The van der Waals surface area contributed by atoms with Crippen molar-refractivity contribution in [2.45, 2.75) is 39.3 Å². The van der Waals surface area contributed by atoms with Crippen LogP contribution in [-0.2, 0) is 16.0 Å². The predicted molar refractivity (Wildman–Crippen MR) is 145 cm³/mol. The molecular formula is C26H38IN3O3. The van der Waals surface area contributed by atoms with Crippen molar-refractivity contribution in [3.63, 3.8) is 0 Å². The molecule has 3 rings (SSSR count). The molecule has 182 valence electrons. The Morgan fingerprint density at radius 1 is 1.06 bits per heavy atom. The lowest BCUT2D eigenvalue weighted by Crippen LogP contribution is -2.41. The van der Waals surface area contributed by atoms with E-state index in [1.165, 1.54) is 16.7 Å².